The van der Waals surface area contributed by atoms with Gasteiger partial charge in [-0.15, -0.1) is 0 Å². The summed E-state index contributed by atoms with van der Waals surface area (Å²) in [5.41, 5.74) is -0.303. The van der Waals surface area contributed by atoms with Crippen molar-refractivity contribution in [1.82, 2.24) is 4.72 Å². The third-order valence-corrected chi connectivity index (χ3v) is 6.45. The number of amides is 1. The zero-order valence-corrected chi connectivity index (χ0v) is 20.7. The van der Waals surface area contributed by atoms with Gasteiger partial charge in [-0.3, -0.25) is 4.79 Å². The summed E-state index contributed by atoms with van der Waals surface area (Å²) in [6, 6.07) is 15.0. The molecule has 190 valence electrons. The highest BCUT2D eigenvalue weighted by molar-refractivity contribution is 7.92. The van der Waals surface area contributed by atoms with Crippen molar-refractivity contribution in [3.8, 4) is 11.5 Å². The monoisotopic (exact) mass is 516 g/mol. The van der Waals surface area contributed by atoms with E-state index in [9.17, 15) is 18.0 Å². The third-order valence-electron chi connectivity index (χ3n) is 5.07. The van der Waals surface area contributed by atoms with Crippen LogP contribution >= 0.6 is 0 Å². The number of nitrogens with one attached hydrogen (secondary N) is 1. The molecule has 1 amide bonds. The molecule has 9 nitrogen and oxygen atoms in total. The first-order valence-corrected chi connectivity index (χ1v) is 12.5. The van der Waals surface area contributed by atoms with Crippen molar-refractivity contribution in [2.75, 3.05) is 17.5 Å². The van der Waals surface area contributed by atoms with E-state index in [4.69, 9.17) is 14.2 Å². The minimum absolute atomic E-state index is 0.0216. The number of esters is 1. The Hall–Kier alpha value is -3.86. The fraction of sp³-hybridized carbons (Fsp3) is 0.280. The third kappa shape index (κ3) is 5.68. The minimum Gasteiger partial charge on any atom is -0.487 e. The summed E-state index contributed by atoms with van der Waals surface area (Å²) in [5.74, 6) is -2.18. The van der Waals surface area contributed by atoms with Gasteiger partial charge in [-0.05, 0) is 49.9 Å². The normalized spacial score (nSPS) is 15.0. The standard InChI is InChI=1S/C25H25FN2O7S/c1-25(2,3)35-22(30)15-33-18-10-9-17-11-20(34-14-16-7-5-4-6-8-16)24(23(26)19(17)12-18)28-13-21(29)27-36(28,31)32/h4-12H,13-15H2,1-3H3,(H,27,29). The lowest BCUT2D eigenvalue weighted by molar-refractivity contribution is -0.157. The van der Waals surface area contributed by atoms with E-state index < -0.39 is 52.3 Å². The smallest absolute Gasteiger partial charge is 0.344 e. The molecular weight excluding hydrogens is 491 g/mol. The molecule has 1 aliphatic heterocycles. The zero-order valence-electron chi connectivity index (χ0n) is 19.9. The molecule has 36 heavy (non-hydrogen) atoms. The first kappa shape index (κ1) is 25.2. The zero-order chi connectivity index (χ0) is 26.1. The van der Waals surface area contributed by atoms with Crippen molar-refractivity contribution in [3.63, 3.8) is 0 Å². The molecule has 3 aromatic rings. The van der Waals surface area contributed by atoms with E-state index in [1.807, 2.05) is 35.1 Å². The summed E-state index contributed by atoms with van der Waals surface area (Å²) >= 11 is 0. The molecule has 0 atom stereocenters. The van der Waals surface area contributed by atoms with Crippen molar-refractivity contribution in [1.29, 1.82) is 0 Å². The van der Waals surface area contributed by atoms with Gasteiger partial charge in [0.05, 0.1) is 0 Å². The lowest BCUT2D eigenvalue weighted by atomic mass is 10.1. The van der Waals surface area contributed by atoms with Gasteiger partial charge in [-0.2, -0.15) is 8.42 Å². The molecule has 0 saturated carbocycles. The van der Waals surface area contributed by atoms with Gasteiger partial charge in [0.1, 0.15) is 35.9 Å². The van der Waals surface area contributed by atoms with Crippen LogP contribution in [0.5, 0.6) is 11.5 Å². The number of ether oxygens (including phenoxy) is 3. The van der Waals surface area contributed by atoms with Crippen LogP contribution in [-0.2, 0) is 31.1 Å². The predicted octanol–water partition coefficient (Wildman–Crippen LogP) is 3.46. The average molecular weight is 517 g/mol. The molecule has 0 aliphatic carbocycles. The molecular formula is C25H25FN2O7S. The van der Waals surface area contributed by atoms with E-state index in [0.29, 0.717) is 9.69 Å². The van der Waals surface area contributed by atoms with E-state index >= 15 is 4.39 Å². The number of halogens is 1. The first-order valence-electron chi connectivity index (χ1n) is 11.0. The largest absolute Gasteiger partial charge is 0.487 e. The molecule has 1 fully saturated rings. The fourth-order valence-electron chi connectivity index (χ4n) is 3.62. The summed E-state index contributed by atoms with van der Waals surface area (Å²) in [6.45, 7) is 4.23. The molecule has 0 aromatic heterocycles. The van der Waals surface area contributed by atoms with E-state index in [-0.39, 0.29) is 23.5 Å². The Morgan fingerprint density at radius 1 is 1.08 bits per heavy atom. The van der Waals surface area contributed by atoms with Crippen LogP contribution in [0.1, 0.15) is 26.3 Å². The van der Waals surface area contributed by atoms with Crippen molar-refractivity contribution in [3.05, 3.63) is 66.0 Å². The Morgan fingerprint density at radius 3 is 2.44 bits per heavy atom. The maximum absolute atomic E-state index is 15.9. The number of hydrogen-bond donors (Lipinski definition) is 1. The molecule has 0 spiro atoms. The lowest BCUT2D eigenvalue weighted by Gasteiger charge is -2.21. The molecule has 0 radical (unpaired) electrons. The van der Waals surface area contributed by atoms with Crippen LogP contribution in [0.4, 0.5) is 10.1 Å². The number of nitrogens with zero attached hydrogens (tertiary/aromatic N) is 1. The van der Waals surface area contributed by atoms with E-state index in [1.165, 1.54) is 12.1 Å². The van der Waals surface area contributed by atoms with Crippen molar-refractivity contribution < 1.29 is 36.6 Å². The highest BCUT2D eigenvalue weighted by Gasteiger charge is 2.38. The fourth-order valence-corrected chi connectivity index (χ4v) is 4.78. The lowest BCUT2D eigenvalue weighted by Crippen LogP contribution is -2.30. The number of anilines is 1. The number of carbonyl (C=O) groups excluding carboxylic acids is 2. The average Bonchev–Trinajstić information content (AvgIpc) is 3.07. The molecule has 0 bridgehead atoms. The van der Waals surface area contributed by atoms with E-state index in [2.05, 4.69) is 0 Å². The number of carbonyl (C=O) groups is 2. The minimum atomic E-state index is -4.31. The quantitative estimate of drug-likeness (QED) is 0.479. The summed E-state index contributed by atoms with van der Waals surface area (Å²) in [7, 11) is -4.31. The van der Waals surface area contributed by atoms with Gasteiger partial charge in [0.15, 0.2) is 12.4 Å². The summed E-state index contributed by atoms with van der Waals surface area (Å²) < 4.78 is 60.0. The van der Waals surface area contributed by atoms with Crippen LogP contribution in [-0.4, -0.2) is 39.0 Å². The van der Waals surface area contributed by atoms with Crippen molar-refractivity contribution in [2.45, 2.75) is 33.0 Å². The summed E-state index contributed by atoms with van der Waals surface area (Å²) in [4.78, 5) is 23.8. The van der Waals surface area contributed by atoms with Crippen LogP contribution in [0, 0.1) is 5.82 Å². The second-order valence-electron chi connectivity index (χ2n) is 9.11. The van der Waals surface area contributed by atoms with Gasteiger partial charge in [0, 0.05) is 5.39 Å². The van der Waals surface area contributed by atoms with Gasteiger partial charge in [-0.25, -0.2) is 18.2 Å². The molecule has 0 unspecified atom stereocenters. The van der Waals surface area contributed by atoms with E-state index in [1.54, 1.807) is 32.9 Å². The number of hydrogen-bond acceptors (Lipinski definition) is 7. The second-order valence-corrected chi connectivity index (χ2v) is 10.7. The topological polar surface area (TPSA) is 111 Å². The Morgan fingerprint density at radius 2 is 1.81 bits per heavy atom. The van der Waals surface area contributed by atoms with Gasteiger partial charge in [0.25, 0.3) is 5.91 Å². The Kier molecular flexibility index (Phi) is 6.77. The molecule has 11 heteroatoms. The maximum atomic E-state index is 15.9. The highest BCUT2D eigenvalue weighted by Crippen LogP contribution is 2.40. The van der Waals surface area contributed by atoms with Gasteiger partial charge < -0.3 is 14.2 Å². The Balaban J connectivity index is 1.71. The van der Waals surface area contributed by atoms with Crippen molar-refractivity contribution >= 4 is 38.5 Å². The van der Waals surface area contributed by atoms with Crippen LogP contribution in [0.25, 0.3) is 10.8 Å². The van der Waals surface area contributed by atoms with Gasteiger partial charge >= 0.3 is 16.2 Å². The molecule has 1 saturated heterocycles. The van der Waals surface area contributed by atoms with Gasteiger partial charge in [-0.1, -0.05) is 36.4 Å². The summed E-state index contributed by atoms with van der Waals surface area (Å²) in [5, 5.41) is 0.424. The maximum Gasteiger partial charge on any atom is 0.344 e. The van der Waals surface area contributed by atoms with Gasteiger partial charge in [0.2, 0.25) is 0 Å². The van der Waals surface area contributed by atoms with E-state index in [0.717, 1.165) is 5.56 Å². The first-order chi connectivity index (χ1) is 16.9. The van der Waals surface area contributed by atoms with Crippen LogP contribution in [0.3, 0.4) is 0 Å². The molecule has 1 aliphatic rings. The SMILES string of the molecule is CC(C)(C)OC(=O)COc1ccc2cc(OCc3ccccc3)c(N3CC(=O)NS3(=O)=O)c(F)c2c1. The second kappa shape index (κ2) is 9.65. The number of rotatable bonds is 7. The Labute approximate surface area is 207 Å². The van der Waals surface area contributed by atoms with Crippen molar-refractivity contribution in [2.24, 2.45) is 0 Å². The molecule has 1 heterocycles. The number of fused-ring (bicyclic) bond motifs is 1. The van der Waals surface area contributed by atoms with Crippen LogP contribution in [0.15, 0.2) is 54.6 Å². The molecule has 4 rings (SSSR count). The predicted molar refractivity (Wildman–Crippen MR) is 130 cm³/mol. The van der Waals surface area contributed by atoms with Crippen LogP contribution < -0.4 is 18.5 Å². The van der Waals surface area contributed by atoms with Crippen LogP contribution in [0.2, 0.25) is 0 Å². The number of benzene rings is 3. The molecule has 3 aromatic carbocycles. The Bertz CT molecular complexity index is 1420. The summed E-state index contributed by atoms with van der Waals surface area (Å²) in [6.07, 6.45) is 0. The highest BCUT2D eigenvalue weighted by atomic mass is 32.2. The molecule has 1 N–H and O–H groups in total.